The summed E-state index contributed by atoms with van der Waals surface area (Å²) in [5.74, 6) is -0.488. The summed E-state index contributed by atoms with van der Waals surface area (Å²) in [6, 6.07) is 3.43. The number of nitro groups is 1. The van der Waals surface area contributed by atoms with Crippen LogP contribution in [0.5, 0.6) is 0 Å². The molecule has 1 aliphatic carbocycles. The van der Waals surface area contributed by atoms with Crippen LogP contribution >= 0.6 is 0 Å². The maximum absolute atomic E-state index is 13.2. The van der Waals surface area contributed by atoms with Crippen LogP contribution in [0.2, 0.25) is 0 Å². The maximum Gasteiger partial charge on any atom is 0.292 e. The topological polar surface area (TPSA) is 64.4 Å². The number of benzene rings is 1. The molecule has 104 valence electrons. The van der Waals surface area contributed by atoms with E-state index >= 15 is 0 Å². The Morgan fingerprint density at radius 1 is 1.42 bits per heavy atom. The van der Waals surface area contributed by atoms with Crippen molar-refractivity contribution in [1.29, 1.82) is 0 Å². The van der Waals surface area contributed by atoms with Gasteiger partial charge in [-0.15, -0.1) is 0 Å². The van der Waals surface area contributed by atoms with Gasteiger partial charge in [0.05, 0.1) is 17.1 Å². The average molecular weight is 268 g/mol. The van der Waals surface area contributed by atoms with Crippen LogP contribution in [0.25, 0.3) is 0 Å². The number of methoxy groups -OCH3 is 1. The Balaban J connectivity index is 2.21. The van der Waals surface area contributed by atoms with Gasteiger partial charge in [-0.25, -0.2) is 4.39 Å². The molecule has 2 atom stereocenters. The van der Waals surface area contributed by atoms with Crippen molar-refractivity contribution in [2.45, 2.75) is 37.8 Å². The lowest BCUT2D eigenvalue weighted by Gasteiger charge is -2.31. The number of rotatable bonds is 4. The fourth-order valence-electron chi connectivity index (χ4n) is 2.53. The van der Waals surface area contributed by atoms with Gasteiger partial charge in [-0.2, -0.15) is 0 Å². The molecule has 1 aromatic rings. The van der Waals surface area contributed by atoms with E-state index in [0.29, 0.717) is 0 Å². The highest BCUT2D eigenvalue weighted by Gasteiger charge is 2.27. The zero-order chi connectivity index (χ0) is 13.8. The molecule has 0 amide bonds. The number of ether oxygens (including phenoxy) is 1. The molecule has 0 radical (unpaired) electrons. The van der Waals surface area contributed by atoms with E-state index in [1.54, 1.807) is 7.11 Å². The summed E-state index contributed by atoms with van der Waals surface area (Å²) in [4.78, 5) is 10.4. The fraction of sp³-hybridized carbons (Fsp3) is 0.538. The Bertz CT molecular complexity index is 467. The van der Waals surface area contributed by atoms with Gasteiger partial charge in [0.15, 0.2) is 0 Å². The van der Waals surface area contributed by atoms with Gasteiger partial charge >= 0.3 is 0 Å². The van der Waals surface area contributed by atoms with Gasteiger partial charge in [0.2, 0.25) is 0 Å². The van der Waals surface area contributed by atoms with E-state index in [9.17, 15) is 14.5 Å². The summed E-state index contributed by atoms with van der Waals surface area (Å²) < 4.78 is 18.6. The van der Waals surface area contributed by atoms with Crippen molar-refractivity contribution in [2.75, 3.05) is 12.4 Å². The molecule has 1 aliphatic rings. The minimum atomic E-state index is -0.508. The van der Waals surface area contributed by atoms with E-state index < -0.39 is 10.7 Å². The first-order chi connectivity index (χ1) is 9.11. The molecule has 19 heavy (non-hydrogen) atoms. The van der Waals surface area contributed by atoms with Crippen LogP contribution in [0.1, 0.15) is 25.7 Å². The molecule has 2 rings (SSSR count). The summed E-state index contributed by atoms with van der Waals surface area (Å²) in [6.45, 7) is 0. The first-order valence-corrected chi connectivity index (χ1v) is 6.35. The van der Waals surface area contributed by atoms with Gasteiger partial charge in [-0.1, -0.05) is 12.8 Å². The molecule has 0 aliphatic heterocycles. The van der Waals surface area contributed by atoms with Crippen LogP contribution in [-0.2, 0) is 4.74 Å². The summed E-state index contributed by atoms with van der Waals surface area (Å²) in [5, 5.41) is 14.0. The molecular formula is C13H17FN2O3. The van der Waals surface area contributed by atoms with Crippen molar-refractivity contribution >= 4 is 11.4 Å². The van der Waals surface area contributed by atoms with Crippen molar-refractivity contribution in [1.82, 2.24) is 0 Å². The molecule has 1 fully saturated rings. The van der Waals surface area contributed by atoms with Gasteiger partial charge in [0.1, 0.15) is 11.5 Å². The van der Waals surface area contributed by atoms with E-state index in [4.69, 9.17) is 4.74 Å². The standard InChI is InChI=1S/C13H17FN2O3/c1-19-13-5-3-2-4-10(13)15-11-8-9(14)6-7-12(11)16(17)18/h6-8,10,13,15H,2-5H2,1H3. The maximum atomic E-state index is 13.2. The monoisotopic (exact) mass is 268 g/mol. The highest BCUT2D eigenvalue weighted by Crippen LogP contribution is 2.29. The molecule has 1 aromatic carbocycles. The predicted octanol–water partition coefficient (Wildman–Crippen LogP) is 3.10. The van der Waals surface area contributed by atoms with Gasteiger partial charge in [0.25, 0.3) is 5.69 Å². The summed E-state index contributed by atoms with van der Waals surface area (Å²) in [6.07, 6.45) is 3.92. The lowest BCUT2D eigenvalue weighted by atomic mass is 9.92. The number of anilines is 1. The second-order valence-corrected chi connectivity index (χ2v) is 4.73. The van der Waals surface area contributed by atoms with Crippen molar-refractivity contribution < 1.29 is 14.1 Å². The van der Waals surface area contributed by atoms with Crippen molar-refractivity contribution in [3.63, 3.8) is 0 Å². The van der Waals surface area contributed by atoms with Gasteiger partial charge in [0, 0.05) is 19.2 Å². The number of nitro benzene ring substituents is 1. The number of hydrogen-bond acceptors (Lipinski definition) is 4. The Morgan fingerprint density at radius 3 is 2.84 bits per heavy atom. The van der Waals surface area contributed by atoms with Crippen LogP contribution in [-0.4, -0.2) is 24.2 Å². The molecule has 0 bridgehead atoms. The number of nitrogens with zero attached hydrogens (tertiary/aromatic N) is 1. The Kier molecular flexibility index (Phi) is 4.31. The molecule has 2 unspecified atom stereocenters. The third-order valence-electron chi connectivity index (χ3n) is 3.50. The summed E-state index contributed by atoms with van der Waals surface area (Å²) >= 11 is 0. The highest BCUT2D eigenvalue weighted by atomic mass is 19.1. The van der Waals surface area contributed by atoms with E-state index in [2.05, 4.69) is 5.32 Å². The average Bonchev–Trinajstić information content (AvgIpc) is 2.39. The quantitative estimate of drug-likeness (QED) is 0.673. The first kappa shape index (κ1) is 13.7. The number of halogens is 1. The largest absolute Gasteiger partial charge is 0.379 e. The van der Waals surface area contributed by atoms with Crippen LogP contribution in [0, 0.1) is 15.9 Å². The van der Waals surface area contributed by atoms with Gasteiger partial charge < -0.3 is 10.1 Å². The van der Waals surface area contributed by atoms with Crippen molar-refractivity contribution in [2.24, 2.45) is 0 Å². The minimum absolute atomic E-state index is 0.0108. The third-order valence-corrected chi connectivity index (χ3v) is 3.50. The summed E-state index contributed by atoms with van der Waals surface area (Å²) in [5.41, 5.74) is 0.112. The second kappa shape index (κ2) is 5.97. The normalized spacial score (nSPS) is 23.1. The second-order valence-electron chi connectivity index (χ2n) is 4.73. The lowest BCUT2D eigenvalue weighted by Crippen LogP contribution is -2.37. The minimum Gasteiger partial charge on any atom is -0.379 e. The molecule has 0 heterocycles. The highest BCUT2D eigenvalue weighted by molar-refractivity contribution is 5.62. The smallest absolute Gasteiger partial charge is 0.292 e. The van der Waals surface area contributed by atoms with Crippen molar-refractivity contribution in [3.8, 4) is 0 Å². The molecular weight excluding hydrogens is 251 g/mol. The van der Waals surface area contributed by atoms with Gasteiger partial charge in [-0.3, -0.25) is 10.1 Å². The van der Waals surface area contributed by atoms with E-state index in [-0.39, 0.29) is 23.5 Å². The molecule has 5 nitrogen and oxygen atoms in total. The SMILES string of the molecule is COC1CCCCC1Nc1cc(F)ccc1[N+](=O)[O-]. The molecule has 0 saturated heterocycles. The predicted molar refractivity (Wildman–Crippen MR) is 69.7 cm³/mol. The van der Waals surface area contributed by atoms with Crippen LogP contribution < -0.4 is 5.32 Å². The Hall–Kier alpha value is -1.69. The van der Waals surface area contributed by atoms with Crippen LogP contribution in [0.4, 0.5) is 15.8 Å². The van der Waals surface area contributed by atoms with Crippen LogP contribution in [0.15, 0.2) is 18.2 Å². The lowest BCUT2D eigenvalue weighted by molar-refractivity contribution is -0.384. The molecule has 0 aromatic heterocycles. The van der Waals surface area contributed by atoms with Gasteiger partial charge in [-0.05, 0) is 18.9 Å². The number of hydrogen-bond donors (Lipinski definition) is 1. The van der Waals surface area contributed by atoms with Crippen LogP contribution in [0.3, 0.4) is 0 Å². The zero-order valence-corrected chi connectivity index (χ0v) is 10.8. The number of nitrogens with one attached hydrogen (secondary N) is 1. The molecule has 6 heteroatoms. The van der Waals surface area contributed by atoms with E-state index in [1.165, 1.54) is 12.1 Å². The molecule has 0 spiro atoms. The third kappa shape index (κ3) is 3.20. The Labute approximate surface area is 110 Å². The van der Waals surface area contributed by atoms with E-state index in [1.807, 2.05) is 0 Å². The zero-order valence-electron chi connectivity index (χ0n) is 10.8. The van der Waals surface area contributed by atoms with E-state index in [0.717, 1.165) is 31.7 Å². The van der Waals surface area contributed by atoms with Crippen molar-refractivity contribution in [3.05, 3.63) is 34.1 Å². The summed E-state index contributed by atoms with van der Waals surface area (Å²) in [7, 11) is 1.63. The Morgan fingerprint density at radius 2 is 2.16 bits per heavy atom. The molecule has 1 saturated carbocycles. The molecule has 1 N–H and O–H groups in total. The fourth-order valence-corrected chi connectivity index (χ4v) is 2.53. The first-order valence-electron chi connectivity index (χ1n) is 6.35.